The summed E-state index contributed by atoms with van der Waals surface area (Å²) in [5.74, 6) is 0.177. The van der Waals surface area contributed by atoms with Crippen LogP contribution in [0.1, 0.15) is 30.0 Å². The standard InChI is InChI=1S/C18H21FN4OS/c1-4-22-11-20-21-18(22)25-10-17(24)14-9-12(2)23(13(14)3)16-8-6-5-7-15(16)19/h5-9,11,17,24H,4,10H2,1-3H3. The van der Waals surface area contributed by atoms with E-state index in [0.717, 1.165) is 28.7 Å². The fraction of sp³-hybridized carbons (Fsp3) is 0.333. The number of benzene rings is 1. The molecule has 0 aliphatic carbocycles. The quantitative estimate of drug-likeness (QED) is 0.682. The van der Waals surface area contributed by atoms with Crippen molar-refractivity contribution in [1.82, 2.24) is 19.3 Å². The van der Waals surface area contributed by atoms with E-state index in [2.05, 4.69) is 10.2 Å². The first-order valence-corrected chi connectivity index (χ1v) is 9.13. The van der Waals surface area contributed by atoms with Gasteiger partial charge in [0.25, 0.3) is 0 Å². The lowest BCUT2D eigenvalue weighted by molar-refractivity contribution is 0.203. The van der Waals surface area contributed by atoms with Gasteiger partial charge in [0, 0.05) is 29.2 Å². The highest BCUT2D eigenvalue weighted by Gasteiger charge is 2.19. The van der Waals surface area contributed by atoms with E-state index in [1.807, 2.05) is 36.0 Å². The molecule has 0 radical (unpaired) electrons. The third kappa shape index (κ3) is 3.48. The Morgan fingerprint density at radius 3 is 2.76 bits per heavy atom. The van der Waals surface area contributed by atoms with Gasteiger partial charge in [0.1, 0.15) is 12.1 Å². The molecule has 0 bridgehead atoms. The number of aliphatic hydroxyl groups excluding tert-OH is 1. The van der Waals surface area contributed by atoms with Crippen molar-refractivity contribution in [3.8, 4) is 5.69 Å². The molecule has 0 saturated carbocycles. The van der Waals surface area contributed by atoms with Crippen LogP contribution in [0, 0.1) is 19.7 Å². The summed E-state index contributed by atoms with van der Waals surface area (Å²) in [6, 6.07) is 8.57. The number of aromatic nitrogens is 4. The zero-order chi connectivity index (χ0) is 18.0. The first-order chi connectivity index (χ1) is 12.0. The topological polar surface area (TPSA) is 55.9 Å². The highest BCUT2D eigenvalue weighted by atomic mass is 32.2. The fourth-order valence-corrected chi connectivity index (χ4v) is 3.88. The number of halogens is 1. The van der Waals surface area contributed by atoms with E-state index in [1.54, 1.807) is 24.5 Å². The van der Waals surface area contributed by atoms with Gasteiger partial charge in [-0.25, -0.2) is 4.39 Å². The first kappa shape index (κ1) is 17.7. The summed E-state index contributed by atoms with van der Waals surface area (Å²) < 4.78 is 17.9. The zero-order valence-corrected chi connectivity index (χ0v) is 15.3. The maximum absolute atomic E-state index is 14.2. The van der Waals surface area contributed by atoms with Crippen LogP contribution in [-0.4, -0.2) is 30.2 Å². The van der Waals surface area contributed by atoms with Gasteiger partial charge < -0.3 is 14.2 Å². The molecule has 0 fully saturated rings. The van der Waals surface area contributed by atoms with Crippen LogP contribution in [0.25, 0.3) is 5.69 Å². The van der Waals surface area contributed by atoms with Crippen molar-refractivity contribution < 1.29 is 9.50 Å². The second-order valence-electron chi connectivity index (χ2n) is 5.84. The van der Waals surface area contributed by atoms with Crippen molar-refractivity contribution in [2.75, 3.05) is 5.75 Å². The molecule has 2 aromatic heterocycles. The number of thioether (sulfide) groups is 1. The minimum absolute atomic E-state index is 0.282. The van der Waals surface area contributed by atoms with Crippen molar-refractivity contribution in [2.45, 2.75) is 38.6 Å². The van der Waals surface area contributed by atoms with Crippen molar-refractivity contribution in [2.24, 2.45) is 0 Å². The molecule has 0 saturated heterocycles. The number of hydrogen-bond donors (Lipinski definition) is 1. The highest BCUT2D eigenvalue weighted by molar-refractivity contribution is 7.99. The van der Waals surface area contributed by atoms with Gasteiger partial charge in [-0.15, -0.1) is 10.2 Å². The van der Waals surface area contributed by atoms with Gasteiger partial charge in [-0.2, -0.15) is 0 Å². The summed E-state index contributed by atoms with van der Waals surface area (Å²) in [6.07, 6.45) is 1.01. The molecule has 3 rings (SSSR count). The van der Waals surface area contributed by atoms with E-state index in [9.17, 15) is 9.50 Å². The first-order valence-electron chi connectivity index (χ1n) is 8.15. The Bertz CT molecular complexity index is 874. The number of nitrogens with zero attached hydrogens (tertiary/aromatic N) is 4. The third-order valence-corrected chi connectivity index (χ3v) is 5.27. The molecule has 25 heavy (non-hydrogen) atoms. The molecule has 7 heteroatoms. The van der Waals surface area contributed by atoms with Gasteiger partial charge in [0.2, 0.25) is 0 Å². The molecule has 3 aromatic rings. The van der Waals surface area contributed by atoms with Crippen LogP contribution >= 0.6 is 11.8 Å². The second kappa shape index (κ2) is 7.41. The van der Waals surface area contributed by atoms with Crippen LogP contribution in [0.15, 0.2) is 41.8 Å². The molecule has 1 atom stereocenters. The molecule has 0 spiro atoms. The highest BCUT2D eigenvalue weighted by Crippen LogP contribution is 2.30. The summed E-state index contributed by atoms with van der Waals surface area (Å²) in [5, 5.41) is 19.4. The van der Waals surface area contributed by atoms with E-state index in [1.165, 1.54) is 17.8 Å². The van der Waals surface area contributed by atoms with Gasteiger partial charge in [0.15, 0.2) is 5.16 Å². The Balaban J connectivity index is 1.83. The fourth-order valence-electron chi connectivity index (χ4n) is 2.95. The number of aliphatic hydroxyl groups is 1. The zero-order valence-electron chi connectivity index (χ0n) is 14.5. The van der Waals surface area contributed by atoms with E-state index < -0.39 is 6.10 Å². The Morgan fingerprint density at radius 2 is 2.04 bits per heavy atom. The molecule has 2 heterocycles. The van der Waals surface area contributed by atoms with E-state index >= 15 is 0 Å². The maximum Gasteiger partial charge on any atom is 0.191 e. The van der Waals surface area contributed by atoms with Crippen LogP contribution in [0.5, 0.6) is 0 Å². The largest absolute Gasteiger partial charge is 0.387 e. The van der Waals surface area contributed by atoms with Gasteiger partial charge in [-0.05, 0) is 39.0 Å². The van der Waals surface area contributed by atoms with Gasteiger partial charge >= 0.3 is 0 Å². The molecule has 0 aliphatic heterocycles. The third-order valence-electron chi connectivity index (χ3n) is 4.21. The summed E-state index contributed by atoms with van der Waals surface area (Å²) in [7, 11) is 0. The summed E-state index contributed by atoms with van der Waals surface area (Å²) in [5.41, 5.74) is 3.02. The Labute approximate surface area is 150 Å². The van der Waals surface area contributed by atoms with Crippen molar-refractivity contribution in [3.05, 3.63) is 59.4 Å². The lowest BCUT2D eigenvalue weighted by Gasteiger charge is -2.13. The molecule has 1 N–H and O–H groups in total. The molecule has 0 amide bonds. The molecular formula is C18H21FN4OS. The number of para-hydroxylation sites is 1. The average Bonchev–Trinajstić information content (AvgIpc) is 3.17. The van der Waals surface area contributed by atoms with Crippen molar-refractivity contribution >= 4 is 11.8 Å². The van der Waals surface area contributed by atoms with E-state index in [0.29, 0.717) is 11.4 Å². The number of hydrogen-bond acceptors (Lipinski definition) is 4. The van der Waals surface area contributed by atoms with E-state index in [4.69, 9.17) is 0 Å². The SMILES string of the molecule is CCn1cnnc1SCC(O)c1cc(C)n(-c2ccccc2F)c1C. The van der Waals surface area contributed by atoms with Crippen LogP contribution in [0.2, 0.25) is 0 Å². The predicted octanol–water partition coefficient (Wildman–Crippen LogP) is 3.67. The molecule has 0 aliphatic rings. The van der Waals surface area contributed by atoms with Crippen LogP contribution in [-0.2, 0) is 6.54 Å². The number of aryl methyl sites for hydroxylation is 2. The van der Waals surface area contributed by atoms with Crippen LogP contribution in [0.4, 0.5) is 4.39 Å². The Hall–Kier alpha value is -2.12. The minimum atomic E-state index is -0.668. The summed E-state index contributed by atoms with van der Waals surface area (Å²) in [4.78, 5) is 0. The molecule has 1 unspecified atom stereocenters. The summed E-state index contributed by atoms with van der Waals surface area (Å²) >= 11 is 1.46. The molecule has 5 nitrogen and oxygen atoms in total. The normalized spacial score (nSPS) is 12.5. The minimum Gasteiger partial charge on any atom is -0.387 e. The predicted molar refractivity (Wildman–Crippen MR) is 96.6 cm³/mol. The Kier molecular flexibility index (Phi) is 5.24. The van der Waals surface area contributed by atoms with Crippen LogP contribution in [0.3, 0.4) is 0 Å². The smallest absolute Gasteiger partial charge is 0.191 e. The van der Waals surface area contributed by atoms with E-state index in [-0.39, 0.29) is 5.82 Å². The van der Waals surface area contributed by atoms with Crippen molar-refractivity contribution in [1.29, 1.82) is 0 Å². The summed E-state index contributed by atoms with van der Waals surface area (Å²) in [6.45, 7) is 6.62. The number of rotatable bonds is 6. The lowest BCUT2D eigenvalue weighted by atomic mass is 10.1. The second-order valence-corrected chi connectivity index (χ2v) is 6.83. The average molecular weight is 360 g/mol. The van der Waals surface area contributed by atoms with Crippen molar-refractivity contribution in [3.63, 3.8) is 0 Å². The lowest BCUT2D eigenvalue weighted by Crippen LogP contribution is -2.06. The Morgan fingerprint density at radius 1 is 1.28 bits per heavy atom. The maximum atomic E-state index is 14.2. The van der Waals surface area contributed by atoms with Gasteiger partial charge in [0.05, 0.1) is 11.8 Å². The van der Waals surface area contributed by atoms with Gasteiger partial charge in [-0.1, -0.05) is 23.9 Å². The van der Waals surface area contributed by atoms with Crippen LogP contribution < -0.4 is 0 Å². The monoisotopic (exact) mass is 360 g/mol. The molecule has 1 aromatic carbocycles. The molecule has 132 valence electrons. The molecular weight excluding hydrogens is 339 g/mol. The van der Waals surface area contributed by atoms with Gasteiger partial charge in [-0.3, -0.25) is 0 Å².